The molecule has 2 aromatic rings. The summed E-state index contributed by atoms with van der Waals surface area (Å²) >= 11 is 0. The lowest BCUT2D eigenvalue weighted by molar-refractivity contribution is -0.0171. The third kappa shape index (κ3) is 2.58. The van der Waals surface area contributed by atoms with Gasteiger partial charge in [-0.2, -0.15) is 5.26 Å². The van der Waals surface area contributed by atoms with Gasteiger partial charge in [0.15, 0.2) is 0 Å². The van der Waals surface area contributed by atoms with E-state index in [1.807, 2.05) is 12.1 Å². The summed E-state index contributed by atoms with van der Waals surface area (Å²) in [6.07, 6.45) is 1.34. The molecule has 1 aliphatic heterocycles. The molecule has 0 amide bonds. The largest absolute Gasteiger partial charge is 0.493 e. The van der Waals surface area contributed by atoms with Gasteiger partial charge in [-0.3, -0.25) is 0 Å². The van der Waals surface area contributed by atoms with Gasteiger partial charge in [-0.25, -0.2) is 4.98 Å². The summed E-state index contributed by atoms with van der Waals surface area (Å²) in [5.41, 5.74) is 2.06. The number of rotatable bonds is 2. The molecule has 0 bridgehead atoms. The third-order valence-electron chi connectivity index (χ3n) is 4.06. The van der Waals surface area contributed by atoms with Gasteiger partial charge in [-0.15, -0.1) is 0 Å². The summed E-state index contributed by atoms with van der Waals surface area (Å²) in [6, 6.07) is 9.26. The van der Waals surface area contributed by atoms with Gasteiger partial charge < -0.3 is 14.7 Å². The highest BCUT2D eigenvalue weighted by atomic mass is 16.5. The molecule has 1 N–H and O–H groups in total. The number of anilines is 1. The van der Waals surface area contributed by atoms with Crippen LogP contribution in [0.25, 0.3) is 10.9 Å². The average molecular weight is 297 g/mol. The standard InChI is InChI=1S/C17H19N3O2/c1-3-13-10-20(9-11(2)22-13)15-6-4-12(8-18)17-14(15)5-7-16(21)19-17/h4-7,11,13H,3,9-10H2,1-2H3,(H,19,21). The Balaban J connectivity index is 2.09. The van der Waals surface area contributed by atoms with Gasteiger partial charge in [-0.1, -0.05) is 6.92 Å². The number of aromatic nitrogens is 1. The fourth-order valence-electron chi connectivity index (χ4n) is 3.03. The van der Waals surface area contributed by atoms with E-state index in [1.165, 1.54) is 0 Å². The number of fused-ring (bicyclic) bond motifs is 1. The lowest BCUT2D eigenvalue weighted by Crippen LogP contribution is -2.46. The quantitative estimate of drug-likeness (QED) is 0.923. The Morgan fingerprint density at radius 1 is 1.36 bits per heavy atom. The van der Waals surface area contributed by atoms with E-state index < -0.39 is 0 Å². The second-order valence-corrected chi connectivity index (χ2v) is 5.69. The van der Waals surface area contributed by atoms with Crippen molar-refractivity contribution in [1.29, 1.82) is 5.26 Å². The van der Waals surface area contributed by atoms with Crippen LogP contribution in [0.2, 0.25) is 0 Å². The normalized spacial score (nSPS) is 21.8. The van der Waals surface area contributed by atoms with Crippen molar-refractivity contribution in [1.82, 2.24) is 4.98 Å². The molecular weight excluding hydrogens is 278 g/mol. The Bertz CT molecular complexity index is 738. The highest BCUT2D eigenvalue weighted by molar-refractivity contribution is 5.95. The van der Waals surface area contributed by atoms with Crippen molar-refractivity contribution < 1.29 is 9.84 Å². The van der Waals surface area contributed by atoms with Gasteiger partial charge >= 0.3 is 0 Å². The summed E-state index contributed by atoms with van der Waals surface area (Å²) in [6.45, 7) is 5.82. The monoisotopic (exact) mass is 297 g/mol. The molecule has 0 spiro atoms. The first-order valence-electron chi connectivity index (χ1n) is 7.55. The summed E-state index contributed by atoms with van der Waals surface area (Å²) in [4.78, 5) is 6.42. The van der Waals surface area contributed by atoms with E-state index in [4.69, 9.17) is 4.74 Å². The van der Waals surface area contributed by atoms with Crippen molar-refractivity contribution >= 4 is 16.6 Å². The molecule has 22 heavy (non-hydrogen) atoms. The van der Waals surface area contributed by atoms with E-state index >= 15 is 0 Å². The van der Waals surface area contributed by atoms with Crippen molar-refractivity contribution in [3.8, 4) is 11.9 Å². The van der Waals surface area contributed by atoms with Crippen LogP contribution >= 0.6 is 0 Å². The van der Waals surface area contributed by atoms with Gasteiger partial charge in [-0.05, 0) is 31.5 Å². The first-order valence-corrected chi connectivity index (χ1v) is 7.55. The maximum Gasteiger partial charge on any atom is 0.211 e. The molecule has 5 heteroatoms. The van der Waals surface area contributed by atoms with Crippen LogP contribution in [0.5, 0.6) is 5.88 Å². The van der Waals surface area contributed by atoms with E-state index in [2.05, 4.69) is 29.8 Å². The van der Waals surface area contributed by atoms with E-state index in [9.17, 15) is 10.4 Å². The van der Waals surface area contributed by atoms with Crippen LogP contribution in [0.15, 0.2) is 24.3 Å². The molecule has 0 radical (unpaired) electrons. The molecule has 5 nitrogen and oxygen atoms in total. The molecule has 3 rings (SSSR count). The van der Waals surface area contributed by atoms with Crippen LogP contribution in [0.1, 0.15) is 25.8 Å². The number of nitriles is 1. The lowest BCUT2D eigenvalue weighted by Gasteiger charge is -2.38. The van der Waals surface area contributed by atoms with E-state index in [0.29, 0.717) is 11.1 Å². The SMILES string of the molecule is CCC1CN(c2ccc(C#N)c3nc(O)ccc23)CC(C)O1. The molecule has 114 valence electrons. The highest BCUT2D eigenvalue weighted by Gasteiger charge is 2.25. The fourth-order valence-corrected chi connectivity index (χ4v) is 3.03. The number of ether oxygens (including phenoxy) is 1. The minimum Gasteiger partial charge on any atom is -0.493 e. The molecule has 1 aromatic carbocycles. The minimum atomic E-state index is -0.0667. The van der Waals surface area contributed by atoms with Crippen LogP contribution in [0.4, 0.5) is 5.69 Å². The third-order valence-corrected chi connectivity index (χ3v) is 4.06. The van der Waals surface area contributed by atoms with Crippen molar-refractivity contribution in [2.75, 3.05) is 18.0 Å². The number of hydrogen-bond acceptors (Lipinski definition) is 5. The van der Waals surface area contributed by atoms with Crippen LogP contribution < -0.4 is 4.90 Å². The number of nitrogens with zero attached hydrogens (tertiary/aromatic N) is 3. The van der Waals surface area contributed by atoms with E-state index in [0.717, 1.165) is 30.6 Å². The van der Waals surface area contributed by atoms with Gasteiger partial charge in [0.1, 0.15) is 6.07 Å². The summed E-state index contributed by atoms with van der Waals surface area (Å²) in [7, 11) is 0. The number of aromatic hydroxyl groups is 1. The Morgan fingerprint density at radius 2 is 2.18 bits per heavy atom. The fraction of sp³-hybridized carbons (Fsp3) is 0.412. The number of pyridine rings is 1. The predicted molar refractivity (Wildman–Crippen MR) is 85.0 cm³/mol. The Labute approximate surface area is 129 Å². The second-order valence-electron chi connectivity index (χ2n) is 5.69. The molecule has 0 aliphatic carbocycles. The molecule has 2 heterocycles. The minimum absolute atomic E-state index is 0.0667. The van der Waals surface area contributed by atoms with Crippen molar-refractivity contribution in [2.45, 2.75) is 32.5 Å². The highest BCUT2D eigenvalue weighted by Crippen LogP contribution is 2.31. The number of hydrogen-bond donors (Lipinski definition) is 1. The first-order chi connectivity index (χ1) is 10.6. The molecule has 0 saturated carbocycles. The zero-order valence-electron chi connectivity index (χ0n) is 12.8. The van der Waals surface area contributed by atoms with E-state index in [-0.39, 0.29) is 18.1 Å². The van der Waals surface area contributed by atoms with Gasteiger partial charge in [0, 0.05) is 30.2 Å². The maximum atomic E-state index is 9.62. The van der Waals surface area contributed by atoms with Crippen molar-refractivity contribution in [3.05, 3.63) is 29.8 Å². The number of morpholine rings is 1. The molecule has 2 unspecified atom stereocenters. The van der Waals surface area contributed by atoms with Crippen molar-refractivity contribution in [3.63, 3.8) is 0 Å². The van der Waals surface area contributed by atoms with Gasteiger partial charge in [0.05, 0.1) is 23.3 Å². The maximum absolute atomic E-state index is 9.62. The van der Waals surface area contributed by atoms with Crippen LogP contribution in [0.3, 0.4) is 0 Å². The molecule has 1 fully saturated rings. The molecule has 1 aromatic heterocycles. The summed E-state index contributed by atoms with van der Waals surface area (Å²) < 4.78 is 5.91. The predicted octanol–water partition coefficient (Wildman–Crippen LogP) is 2.82. The van der Waals surface area contributed by atoms with Crippen molar-refractivity contribution in [2.24, 2.45) is 0 Å². The number of benzene rings is 1. The van der Waals surface area contributed by atoms with Crippen LogP contribution in [-0.4, -0.2) is 35.4 Å². The second kappa shape index (κ2) is 5.82. The van der Waals surface area contributed by atoms with Crippen LogP contribution in [0, 0.1) is 11.3 Å². The van der Waals surface area contributed by atoms with Gasteiger partial charge in [0.25, 0.3) is 0 Å². The topological polar surface area (TPSA) is 69.4 Å². The molecule has 2 atom stereocenters. The zero-order valence-corrected chi connectivity index (χ0v) is 12.8. The smallest absolute Gasteiger partial charge is 0.211 e. The van der Waals surface area contributed by atoms with E-state index in [1.54, 1.807) is 12.1 Å². The zero-order chi connectivity index (χ0) is 15.7. The molecular formula is C17H19N3O2. The Kier molecular flexibility index (Phi) is 3.86. The van der Waals surface area contributed by atoms with Crippen LogP contribution in [-0.2, 0) is 4.74 Å². The lowest BCUT2D eigenvalue weighted by atomic mass is 10.1. The Morgan fingerprint density at radius 3 is 2.91 bits per heavy atom. The summed E-state index contributed by atoms with van der Waals surface area (Å²) in [5.74, 6) is -0.0667. The molecule has 1 aliphatic rings. The summed E-state index contributed by atoms with van der Waals surface area (Å²) in [5, 5.41) is 19.8. The Hall–Kier alpha value is -2.32. The first kappa shape index (κ1) is 14.6. The average Bonchev–Trinajstić information content (AvgIpc) is 2.52. The van der Waals surface area contributed by atoms with Gasteiger partial charge in [0.2, 0.25) is 5.88 Å². The molecule has 1 saturated heterocycles.